The summed E-state index contributed by atoms with van der Waals surface area (Å²) < 4.78 is 0. The van der Waals surface area contributed by atoms with E-state index in [1.165, 1.54) is 6.42 Å². The molecule has 0 N–H and O–H groups in total. The second kappa shape index (κ2) is 2.55. The first-order valence-corrected chi connectivity index (χ1v) is 8.48. The average molecular weight is 218 g/mol. The van der Waals surface area contributed by atoms with Crippen molar-refractivity contribution in [2.45, 2.75) is 31.7 Å². The molecule has 2 unspecified atom stereocenters. The van der Waals surface area contributed by atoms with E-state index in [2.05, 4.69) is 13.8 Å². The first-order chi connectivity index (χ1) is 4.38. The first kappa shape index (κ1) is 9.18. The van der Waals surface area contributed by atoms with E-state index in [9.17, 15) is 0 Å². The van der Waals surface area contributed by atoms with Crippen LogP contribution in [0.1, 0.15) is 26.7 Å². The van der Waals surface area contributed by atoms with Gasteiger partial charge in [0.25, 0.3) is 0 Å². The van der Waals surface area contributed by atoms with Gasteiger partial charge in [-0.15, -0.1) is 33.2 Å². The Morgan fingerprint density at radius 2 is 1.90 bits per heavy atom. The summed E-state index contributed by atoms with van der Waals surface area (Å²) in [7, 11) is 0. The predicted octanol–water partition coefficient (Wildman–Crippen LogP) is 3.83. The topological polar surface area (TPSA) is 0 Å². The molecule has 0 bridgehead atoms. The maximum atomic E-state index is 5.94. The number of hydrogen-bond donors (Lipinski definition) is 0. The third kappa shape index (κ3) is 1.22. The van der Waals surface area contributed by atoms with Gasteiger partial charge in [-0.2, -0.15) is 0 Å². The van der Waals surface area contributed by atoms with Crippen LogP contribution in [-0.2, 0) is 0 Å². The predicted molar refractivity (Wildman–Crippen MR) is 50.1 cm³/mol. The zero-order chi connectivity index (χ0) is 7.99. The molecule has 1 fully saturated rings. The van der Waals surface area contributed by atoms with E-state index in [0.29, 0.717) is 5.92 Å². The quantitative estimate of drug-likeness (QED) is 0.463. The second-order valence-corrected chi connectivity index (χ2v) is 12.3. The fraction of sp³-hybridized carbons (Fsp3) is 1.00. The molecule has 0 aromatic rings. The van der Waals surface area contributed by atoms with Gasteiger partial charge in [-0.1, -0.05) is 13.8 Å². The molecule has 0 spiro atoms. The lowest BCUT2D eigenvalue weighted by Crippen LogP contribution is -2.43. The molecule has 10 heavy (non-hydrogen) atoms. The number of rotatable bonds is 1. The van der Waals surface area contributed by atoms with Crippen LogP contribution < -0.4 is 0 Å². The minimum absolute atomic E-state index is 0.0532. The SMILES string of the molecule is CC1CCC1(C)[Si](Cl)(Cl)Cl. The summed E-state index contributed by atoms with van der Waals surface area (Å²) in [4.78, 5) is 0. The van der Waals surface area contributed by atoms with Gasteiger partial charge in [0.05, 0.1) is 0 Å². The highest BCUT2D eigenvalue weighted by atomic mass is 35.8. The van der Waals surface area contributed by atoms with Crippen LogP contribution in [0.25, 0.3) is 0 Å². The van der Waals surface area contributed by atoms with Crippen LogP contribution in [0.2, 0.25) is 5.04 Å². The van der Waals surface area contributed by atoms with Gasteiger partial charge in [0.2, 0.25) is 0 Å². The van der Waals surface area contributed by atoms with Gasteiger partial charge < -0.3 is 0 Å². The summed E-state index contributed by atoms with van der Waals surface area (Å²) in [5, 5.41) is 0.0532. The Labute approximate surface area is 77.0 Å². The van der Waals surface area contributed by atoms with Gasteiger partial charge in [0.1, 0.15) is 0 Å². The normalized spacial score (nSPS) is 41.1. The van der Waals surface area contributed by atoms with Crippen molar-refractivity contribution in [3.63, 3.8) is 0 Å². The summed E-state index contributed by atoms with van der Waals surface area (Å²) in [5.41, 5.74) is 0. The minimum atomic E-state index is -2.44. The van der Waals surface area contributed by atoms with Crippen LogP contribution >= 0.6 is 33.2 Å². The Balaban J connectivity index is 2.70. The molecule has 1 rings (SSSR count). The Morgan fingerprint density at radius 3 is 1.90 bits per heavy atom. The molecule has 0 aliphatic heterocycles. The van der Waals surface area contributed by atoms with Gasteiger partial charge >= 0.3 is 6.00 Å². The maximum Gasteiger partial charge on any atom is 0.347 e. The van der Waals surface area contributed by atoms with E-state index in [-0.39, 0.29) is 5.04 Å². The number of halogens is 3. The Morgan fingerprint density at radius 1 is 1.40 bits per heavy atom. The van der Waals surface area contributed by atoms with E-state index in [1.807, 2.05) is 0 Å². The van der Waals surface area contributed by atoms with Crippen LogP contribution in [0.15, 0.2) is 0 Å². The summed E-state index contributed by atoms with van der Waals surface area (Å²) in [6.45, 7) is 4.26. The highest BCUT2D eigenvalue weighted by Gasteiger charge is 2.56. The number of hydrogen-bond acceptors (Lipinski definition) is 0. The van der Waals surface area contributed by atoms with Gasteiger partial charge in [-0.25, -0.2) is 0 Å². The van der Waals surface area contributed by atoms with Crippen molar-refractivity contribution in [3.8, 4) is 0 Å². The highest BCUT2D eigenvalue weighted by Crippen LogP contribution is 2.62. The Kier molecular flexibility index (Phi) is 2.34. The summed E-state index contributed by atoms with van der Waals surface area (Å²) >= 11 is 17.8. The second-order valence-electron chi connectivity index (χ2n) is 3.35. The third-order valence-corrected chi connectivity index (χ3v) is 8.76. The summed E-state index contributed by atoms with van der Waals surface area (Å²) in [6.07, 6.45) is 2.31. The van der Waals surface area contributed by atoms with E-state index in [1.54, 1.807) is 0 Å². The summed E-state index contributed by atoms with van der Waals surface area (Å²) in [5.74, 6) is 0.603. The Bertz CT molecular complexity index is 142. The molecule has 60 valence electrons. The molecule has 0 nitrogen and oxygen atoms in total. The zero-order valence-electron chi connectivity index (χ0n) is 6.13. The van der Waals surface area contributed by atoms with Gasteiger partial charge in [0, 0.05) is 5.04 Å². The molecule has 2 atom stereocenters. The average Bonchev–Trinajstić information content (AvgIpc) is 1.80. The highest BCUT2D eigenvalue weighted by molar-refractivity contribution is 7.65. The zero-order valence-corrected chi connectivity index (χ0v) is 9.39. The largest absolute Gasteiger partial charge is 0.347 e. The molecule has 1 aliphatic carbocycles. The van der Waals surface area contributed by atoms with Crippen molar-refractivity contribution in [2.24, 2.45) is 5.92 Å². The molecule has 0 heterocycles. The van der Waals surface area contributed by atoms with Gasteiger partial charge in [0.15, 0.2) is 0 Å². The standard InChI is InChI=1S/C6H11Cl3Si/c1-5-3-4-6(5,2)10(7,8)9/h5H,3-4H2,1-2H3. The lowest BCUT2D eigenvalue weighted by molar-refractivity contribution is 0.235. The lowest BCUT2D eigenvalue weighted by Gasteiger charge is -2.48. The van der Waals surface area contributed by atoms with Gasteiger partial charge in [-0.05, 0) is 18.8 Å². The van der Waals surface area contributed by atoms with Crippen LogP contribution in [0.4, 0.5) is 0 Å². The molecular weight excluding hydrogens is 207 g/mol. The van der Waals surface area contributed by atoms with Gasteiger partial charge in [-0.3, -0.25) is 0 Å². The van der Waals surface area contributed by atoms with Crippen LogP contribution in [0.5, 0.6) is 0 Å². The third-order valence-electron chi connectivity index (χ3n) is 2.83. The molecule has 0 aromatic heterocycles. The lowest BCUT2D eigenvalue weighted by atomic mass is 9.75. The monoisotopic (exact) mass is 216 g/mol. The molecule has 0 radical (unpaired) electrons. The molecule has 1 saturated carbocycles. The van der Waals surface area contributed by atoms with E-state index in [4.69, 9.17) is 33.2 Å². The van der Waals surface area contributed by atoms with Crippen molar-refractivity contribution in [2.75, 3.05) is 0 Å². The van der Waals surface area contributed by atoms with Crippen LogP contribution in [0.3, 0.4) is 0 Å². The first-order valence-electron chi connectivity index (χ1n) is 3.44. The van der Waals surface area contributed by atoms with Crippen LogP contribution in [-0.4, -0.2) is 6.00 Å². The Hall–Kier alpha value is 1.09. The molecular formula is C6H11Cl3Si. The fourth-order valence-electron chi connectivity index (χ4n) is 1.29. The summed E-state index contributed by atoms with van der Waals surface area (Å²) in [6, 6.07) is -2.44. The van der Waals surface area contributed by atoms with Crippen molar-refractivity contribution in [3.05, 3.63) is 0 Å². The van der Waals surface area contributed by atoms with Crippen molar-refractivity contribution < 1.29 is 0 Å². The minimum Gasteiger partial charge on any atom is -0.125 e. The molecule has 0 amide bonds. The van der Waals surface area contributed by atoms with Crippen LogP contribution in [0, 0.1) is 5.92 Å². The van der Waals surface area contributed by atoms with E-state index in [0.717, 1.165) is 6.42 Å². The smallest absolute Gasteiger partial charge is 0.125 e. The van der Waals surface area contributed by atoms with E-state index < -0.39 is 6.00 Å². The molecule has 1 aliphatic rings. The van der Waals surface area contributed by atoms with Crippen molar-refractivity contribution in [1.29, 1.82) is 0 Å². The molecule has 0 saturated heterocycles. The molecule has 4 heteroatoms. The van der Waals surface area contributed by atoms with Crippen molar-refractivity contribution >= 4 is 39.2 Å². The van der Waals surface area contributed by atoms with E-state index >= 15 is 0 Å². The maximum absolute atomic E-state index is 5.94. The fourth-order valence-corrected chi connectivity index (χ4v) is 4.94. The molecule has 0 aromatic carbocycles. The van der Waals surface area contributed by atoms with Crippen molar-refractivity contribution in [1.82, 2.24) is 0 Å².